The summed E-state index contributed by atoms with van der Waals surface area (Å²) < 4.78 is 38.7. The number of nitrogens with zero attached hydrogens (tertiary/aromatic N) is 3. The lowest BCUT2D eigenvalue weighted by Crippen LogP contribution is -2.47. The number of amides is 2. The number of aromatic hydroxyl groups is 1. The van der Waals surface area contributed by atoms with Crippen LogP contribution in [0.15, 0.2) is 65.8 Å². The van der Waals surface area contributed by atoms with Gasteiger partial charge < -0.3 is 10.2 Å². The Labute approximate surface area is 217 Å². The van der Waals surface area contributed by atoms with Crippen LogP contribution in [0.1, 0.15) is 16.7 Å². The van der Waals surface area contributed by atoms with E-state index in [1.807, 2.05) is 0 Å². The number of hydrogen-bond acceptors (Lipinski definition) is 5. The highest BCUT2D eigenvalue weighted by molar-refractivity contribution is 6.37. The Balaban J connectivity index is 1.61. The Morgan fingerprint density at radius 1 is 1.05 bits per heavy atom. The standard InChI is InChI=1S/C24H16Cl2F3N5O3/c25-17-8-16(9-18(26)20(17)35)34-22(36)32-21(30-10-12-1-3-14(4-2-12)24(27,28)29)23(34,37)15-5-6-19-13(7-15)11-31-33-19/h1-9,11,35,37H,10H2,(H,31,33)(H,30,32,36). The molecule has 3 aromatic carbocycles. The van der Waals surface area contributed by atoms with Gasteiger partial charge in [-0.25, -0.2) is 4.79 Å². The molecule has 1 aliphatic rings. The first-order valence-corrected chi connectivity index (χ1v) is 11.4. The van der Waals surface area contributed by atoms with Crippen LogP contribution in [-0.4, -0.2) is 32.3 Å². The van der Waals surface area contributed by atoms with E-state index in [0.29, 0.717) is 16.5 Å². The number of anilines is 1. The van der Waals surface area contributed by atoms with Gasteiger partial charge in [-0.3, -0.25) is 20.3 Å². The molecule has 1 atom stereocenters. The normalized spacial score (nSPS) is 19.1. The summed E-state index contributed by atoms with van der Waals surface area (Å²) in [5.41, 5.74) is -1.63. The third-order valence-electron chi connectivity index (χ3n) is 5.89. The molecule has 4 N–H and O–H groups in total. The van der Waals surface area contributed by atoms with Gasteiger partial charge in [0.25, 0.3) is 0 Å². The zero-order valence-corrected chi connectivity index (χ0v) is 20.0. The van der Waals surface area contributed by atoms with Crippen LogP contribution in [-0.2, 0) is 18.4 Å². The lowest BCUT2D eigenvalue weighted by Gasteiger charge is -2.32. The number of benzene rings is 3. The van der Waals surface area contributed by atoms with E-state index in [2.05, 4.69) is 20.5 Å². The van der Waals surface area contributed by atoms with Crippen molar-refractivity contribution in [2.45, 2.75) is 18.4 Å². The fraction of sp³-hybridized carbons (Fsp3) is 0.125. The molecule has 5 rings (SSSR count). The number of aliphatic imine (C=N–C) groups is 1. The average molecular weight is 550 g/mol. The number of rotatable bonds is 4. The van der Waals surface area contributed by atoms with E-state index in [0.717, 1.165) is 17.0 Å². The third kappa shape index (κ3) is 4.35. The number of aromatic nitrogens is 2. The molecule has 0 bridgehead atoms. The number of hydrogen-bond donors (Lipinski definition) is 4. The van der Waals surface area contributed by atoms with Gasteiger partial charge in [-0.1, -0.05) is 41.4 Å². The van der Waals surface area contributed by atoms with Gasteiger partial charge in [0.2, 0.25) is 5.72 Å². The van der Waals surface area contributed by atoms with Crippen molar-refractivity contribution in [2.24, 2.45) is 4.99 Å². The van der Waals surface area contributed by atoms with Gasteiger partial charge in [-0.2, -0.15) is 18.3 Å². The number of carbonyl (C=O) groups is 1. The fourth-order valence-electron chi connectivity index (χ4n) is 4.03. The molecule has 1 fully saturated rings. The molecule has 0 aliphatic carbocycles. The van der Waals surface area contributed by atoms with Crippen molar-refractivity contribution >= 4 is 51.7 Å². The lowest BCUT2D eigenvalue weighted by atomic mass is 9.98. The summed E-state index contributed by atoms with van der Waals surface area (Å²) in [6, 6.07) is 10.9. The minimum atomic E-state index is -4.48. The van der Waals surface area contributed by atoms with Crippen LogP contribution in [0.3, 0.4) is 0 Å². The largest absolute Gasteiger partial charge is 0.505 e. The minimum Gasteiger partial charge on any atom is -0.505 e. The molecule has 4 aromatic rings. The van der Waals surface area contributed by atoms with E-state index >= 15 is 0 Å². The molecule has 0 spiro atoms. The summed E-state index contributed by atoms with van der Waals surface area (Å²) in [7, 11) is 0. The molecule has 8 nitrogen and oxygen atoms in total. The molecular formula is C24H16Cl2F3N5O3. The number of halogens is 5. The van der Waals surface area contributed by atoms with Gasteiger partial charge in [0.1, 0.15) is 0 Å². The molecular weight excluding hydrogens is 534 g/mol. The molecule has 1 aliphatic heterocycles. The molecule has 13 heteroatoms. The van der Waals surface area contributed by atoms with Gasteiger partial charge in [-0.15, -0.1) is 0 Å². The Morgan fingerprint density at radius 3 is 2.38 bits per heavy atom. The maximum atomic E-state index is 13.1. The van der Waals surface area contributed by atoms with Crippen LogP contribution >= 0.6 is 23.2 Å². The predicted molar refractivity (Wildman–Crippen MR) is 132 cm³/mol. The van der Waals surface area contributed by atoms with Gasteiger partial charge in [-0.05, 0) is 42.0 Å². The molecule has 1 unspecified atom stereocenters. The molecule has 1 aromatic heterocycles. The number of fused-ring (bicyclic) bond motifs is 1. The van der Waals surface area contributed by atoms with Crippen LogP contribution < -0.4 is 10.2 Å². The number of phenols is 1. The topological polar surface area (TPSA) is 114 Å². The summed E-state index contributed by atoms with van der Waals surface area (Å²) >= 11 is 12.1. The Bertz CT molecular complexity index is 1530. The summed E-state index contributed by atoms with van der Waals surface area (Å²) in [6.07, 6.45) is -2.95. The lowest BCUT2D eigenvalue weighted by molar-refractivity contribution is -0.137. The van der Waals surface area contributed by atoms with E-state index in [-0.39, 0.29) is 33.7 Å². The first-order chi connectivity index (χ1) is 17.5. The summed E-state index contributed by atoms with van der Waals surface area (Å²) in [4.78, 5) is 18.5. The van der Waals surface area contributed by atoms with Crippen LogP contribution in [0.2, 0.25) is 10.0 Å². The number of carbonyl (C=O) groups excluding carboxylic acids is 1. The molecule has 2 amide bonds. The van der Waals surface area contributed by atoms with Gasteiger partial charge in [0.15, 0.2) is 11.6 Å². The van der Waals surface area contributed by atoms with Crippen molar-refractivity contribution in [3.63, 3.8) is 0 Å². The fourth-order valence-corrected chi connectivity index (χ4v) is 4.50. The van der Waals surface area contributed by atoms with E-state index in [1.165, 1.54) is 30.5 Å². The van der Waals surface area contributed by atoms with Crippen LogP contribution in [0, 0.1) is 0 Å². The Morgan fingerprint density at radius 2 is 1.73 bits per heavy atom. The van der Waals surface area contributed by atoms with E-state index in [4.69, 9.17) is 23.2 Å². The Kier molecular flexibility index (Phi) is 6.01. The van der Waals surface area contributed by atoms with Crippen molar-refractivity contribution < 1.29 is 28.2 Å². The molecule has 1 saturated heterocycles. The second-order valence-electron chi connectivity index (χ2n) is 8.23. The summed E-state index contributed by atoms with van der Waals surface area (Å²) in [5.74, 6) is -0.577. The van der Waals surface area contributed by atoms with Crippen molar-refractivity contribution in [3.05, 3.63) is 87.5 Å². The first-order valence-electron chi connectivity index (χ1n) is 10.6. The highest BCUT2D eigenvalue weighted by atomic mass is 35.5. The number of amidine groups is 1. The smallest absolute Gasteiger partial charge is 0.416 e. The van der Waals surface area contributed by atoms with Gasteiger partial charge in [0.05, 0.1) is 39.6 Å². The number of aliphatic hydroxyl groups is 1. The number of phenolic OH excluding ortho intramolecular Hbond substituents is 1. The molecule has 0 radical (unpaired) electrons. The third-order valence-corrected chi connectivity index (χ3v) is 6.46. The SMILES string of the molecule is O=C1NC(=NCc2ccc(C(F)(F)F)cc2)C(O)(c2ccc3[nH]ncc3c2)N1c1cc(Cl)c(O)c(Cl)c1. The van der Waals surface area contributed by atoms with Crippen LogP contribution in [0.5, 0.6) is 5.75 Å². The molecule has 190 valence electrons. The van der Waals surface area contributed by atoms with Crippen molar-refractivity contribution in [2.75, 3.05) is 4.90 Å². The second-order valence-corrected chi connectivity index (χ2v) is 9.04. The predicted octanol–water partition coefficient (Wildman–Crippen LogP) is 5.57. The number of aromatic amines is 1. The number of nitrogens with one attached hydrogen (secondary N) is 2. The van der Waals surface area contributed by atoms with E-state index in [1.54, 1.807) is 18.2 Å². The van der Waals surface area contributed by atoms with E-state index in [9.17, 15) is 28.2 Å². The molecule has 37 heavy (non-hydrogen) atoms. The maximum Gasteiger partial charge on any atom is 0.416 e. The van der Waals surface area contributed by atoms with Crippen LogP contribution in [0.25, 0.3) is 10.9 Å². The van der Waals surface area contributed by atoms with Gasteiger partial charge in [0, 0.05) is 10.9 Å². The quantitative estimate of drug-likeness (QED) is 0.266. The van der Waals surface area contributed by atoms with Gasteiger partial charge >= 0.3 is 12.2 Å². The number of H-pyrrole nitrogens is 1. The molecule has 0 saturated carbocycles. The van der Waals surface area contributed by atoms with Crippen molar-refractivity contribution in [1.82, 2.24) is 15.5 Å². The summed E-state index contributed by atoms with van der Waals surface area (Å²) in [6.45, 7) is -0.144. The zero-order valence-electron chi connectivity index (χ0n) is 18.5. The second kappa shape index (κ2) is 8.94. The highest BCUT2D eigenvalue weighted by Gasteiger charge is 2.52. The highest BCUT2D eigenvalue weighted by Crippen LogP contribution is 2.42. The monoisotopic (exact) mass is 549 g/mol. The van der Waals surface area contributed by atoms with Crippen molar-refractivity contribution in [1.29, 1.82) is 0 Å². The minimum absolute atomic E-state index is 0.0554. The first kappa shape index (κ1) is 24.9. The van der Waals surface area contributed by atoms with Crippen molar-refractivity contribution in [3.8, 4) is 5.75 Å². The Hall–Kier alpha value is -3.80. The van der Waals surface area contributed by atoms with E-state index < -0.39 is 29.2 Å². The molecule has 2 heterocycles. The van der Waals surface area contributed by atoms with Crippen LogP contribution in [0.4, 0.5) is 23.7 Å². The number of urea groups is 1. The average Bonchev–Trinajstić information content (AvgIpc) is 3.42. The maximum absolute atomic E-state index is 13.1. The zero-order chi connectivity index (χ0) is 26.5. The number of alkyl halides is 3. The summed E-state index contributed by atoms with van der Waals surface area (Å²) in [5, 5.41) is 31.6.